The van der Waals surface area contributed by atoms with Crippen molar-refractivity contribution in [1.29, 1.82) is 5.26 Å². The van der Waals surface area contributed by atoms with E-state index in [0.29, 0.717) is 24.5 Å². The smallest absolute Gasteiger partial charge is 0.254 e. The molecule has 1 saturated heterocycles. The molecular formula is C22H24N4O3. The van der Waals surface area contributed by atoms with Crippen LogP contribution in [0.1, 0.15) is 55.2 Å². The SMILES string of the molecule is Cc1cc(NC(=O)[C@H]2CCCO2)nn1Cc1cc(C#N)cc2cc(C(C)C)oc12. The number of rotatable bonds is 5. The lowest BCUT2D eigenvalue weighted by molar-refractivity contribution is -0.124. The van der Waals surface area contributed by atoms with Crippen molar-refractivity contribution in [3.05, 3.63) is 46.8 Å². The molecule has 1 aromatic carbocycles. The van der Waals surface area contributed by atoms with Gasteiger partial charge < -0.3 is 14.5 Å². The zero-order valence-electron chi connectivity index (χ0n) is 16.9. The minimum absolute atomic E-state index is 0.159. The lowest BCUT2D eigenvalue weighted by Crippen LogP contribution is -2.27. The van der Waals surface area contributed by atoms with Crippen molar-refractivity contribution in [2.45, 2.75) is 52.2 Å². The van der Waals surface area contributed by atoms with Gasteiger partial charge >= 0.3 is 0 Å². The van der Waals surface area contributed by atoms with Crippen molar-refractivity contribution in [2.24, 2.45) is 0 Å². The van der Waals surface area contributed by atoms with E-state index in [1.807, 2.05) is 31.2 Å². The van der Waals surface area contributed by atoms with Gasteiger partial charge in [-0.25, -0.2) is 0 Å². The van der Waals surface area contributed by atoms with Crippen molar-refractivity contribution in [2.75, 3.05) is 11.9 Å². The zero-order chi connectivity index (χ0) is 20.5. The number of hydrogen-bond acceptors (Lipinski definition) is 5. The molecule has 0 aliphatic carbocycles. The Morgan fingerprint density at radius 2 is 2.21 bits per heavy atom. The van der Waals surface area contributed by atoms with E-state index in [-0.39, 0.29) is 11.8 Å². The standard InChI is InChI=1S/C22H24N4O3/c1-13(2)19-10-16-8-15(11-23)9-17(21(16)29-19)12-26-14(3)7-20(25-26)24-22(27)18-5-4-6-28-18/h7-10,13,18H,4-6,12H2,1-3H3,(H,24,25,27)/t18-/m1/s1. The Kier molecular flexibility index (Phi) is 5.12. The predicted octanol–water partition coefficient (Wildman–Crippen LogP) is 4.10. The van der Waals surface area contributed by atoms with Crippen molar-refractivity contribution >= 4 is 22.7 Å². The molecular weight excluding hydrogens is 368 g/mol. The van der Waals surface area contributed by atoms with E-state index in [1.54, 1.807) is 4.68 Å². The number of hydrogen-bond donors (Lipinski definition) is 1. The first-order valence-electron chi connectivity index (χ1n) is 9.88. The van der Waals surface area contributed by atoms with Crippen molar-refractivity contribution in [3.63, 3.8) is 0 Å². The third kappa shape index (κ3) is 3.89. The first-order chi connectivity index (χ1) is 13.9. The van der Waals surface area contributed by atoms with Crippen LogP contribution < -0.4 is 5.32 Å². The summed E-state index contributed by atoms with van der Waals surface area (Å²) >= 11 is 0. The van der Waals surface area contributed by atoms with Gasteiger partial charge in [0, 0.05) is 35.2 Å². The molecule has 2 aromatic heterocycles. The molecule has 1 atom stereocenters. The second-order valence-electron chi connectivity index (χ2n) is 7.79. The van der Waals surface area contributed by atoms with Gasteiger partial charge in [0.15, 0.2) is 5.82 Å². The summed E-state index contributed by atoms with van der Waals surface area (Å²) in [5, 5.41) is 17.7. The summed E-state index contributed by atoms with van der Waals surface area (Å²) in [6, 6.07) is 9.73. The van der Waals surface area contributed by atoms with Gasteiger partial charge in [-0.3, -0.25) is 9.48 Å². The minimum Gasteiger partial charge on any atom is -0.460 e. The number of anilines is 1. The van der Waals surface area contributed by atoms with Gasteiger partial charge in [0.1, 0.15) is 17.4 Å². The van der Waals surface area contributed by atoms with Crippen LogP contribution in [0.2, 0.25) is 0 Å². The fraction of sp³-hybridized carbons (Fsp3) is 0.409. The third-order valence-corrected chi connectivity index (χ3v) is 5.19. The van der Waals surface area contributed by atoms with Crippen LogP contribution in [-0.4, -0.2) is 28.4 Å². The third-order valence-electron chi connectivity index (χ3n) is 5.19. The molecule has 1 N–H and O–H groups in total. The molecule has 0 spiro atoms. The van der Waals surface area contributed by atoms with E-state index >= 15 is 0 Å². The number of nitriles is 1. The molecule has 7 nitrogen and oxygen atoms in total. The van der Waals surface area contributed by atoms with Crippen LogP contribution in [0.5, 0.6) is 0 Å². The number of carbonyl (C=O) groups excluding carboxylic acids is 1. The summed E-state index contributed by atoms with van der Waals surface area (Å²) in [4.78, 5) is 12.3. The summed E-state index contributed by atoms with van der Waals surface area (Å²) in [6.07, 6.45) is 1.24. The fourth-order valence-corrected chi connectivity index (χ4v) is 3.60. The predicted molar refractivity (Wildman–Crippen MR) is 109 cm³/mol. The molecule has 29 heavy (non-hydrogen) atoms. The first kappa shape index (κ1) is 19.2. The maximum atomic E-state index is 12.3. The van der Waals surface area contributed by atoms with Gasteiger partial charge in [-0.05, 0) is 38.0 Å². The molecule has 4 rings (SSSR count). The van der Waals surface area contributed by atoms with E-state index in [2.05, 4.69) is 30.3 Å². The molecule has 0 saturated carbocycles. The van der Waals surface area contributed by atoms with Crippen LogP contribution >= 0.6 is 0 Å². The Balaban J connectivity index is 1.62. The maximum absolute atomic E-state index is 12.3. The number of fused-ring (bicyclic) bond motifs is 1. The minimum atomic E-state index is -0.398. The van der Waals surface area contributed by atoms with E-state index in [0.717, 1.165) is 40.8 Å². The normalized spacial score (nSPS) is 16.4. The fourth-order valence-electron chi connectivity index (χ4n) is 3.60. The van der Waals surface area contributed by atoms with Gasteiger partial charge in [0.25, 0.3) is 5.91 Å². The summed E-state index contributed by atoms with van der Waals surface area (Å²) in [7, 11) is 0. The van der Waals surface area contributed by atoms with E-state index in [4.69, 9.17) is 9.15 Å². The number of aryl methyl sites for hydroxylation is 1. The average Bonchev–Trinajstić information content (AvgIpc) is 3.42. The largest absolute Gasteiger partial charge is 0.460 e. The van der Waals surface area contributed by atoms with Gasteiger partial charge in [-0.2, -0.15) is 10.4 Å². The Hall–Kier alpha value is -3.11. The molecule has 0 unspecified atom stereocenters. The first-order valence-corrected chi connectivity index (χ1v) is 9.88. The maximum Gasteiger partial charge on any atom is 0.254 e. The molecule has 0 radical (unpaired) electrons. The number of benzene rings is 1. The monoisotopic (exact) mass is 392 g/mol. The van der Waals surface area contributed by atoms with Gasteiger partial charge in [-0.15, -0.1) is 0 Å². The molecule has 0 bridgehead atoms. The van der Waals surface area contributed by atoms with Crippen molar-refractivity contribution in [1.82, 2.24) is 9.78 Å². The topological polar surface area (TPSA) is 93.1 Å². The van der Waals surface area contributed by atoms with Gasteiger partial charge in [-0.1, -0.05) is 13.8 Å². The summed E-state index contributed by atoms with van der Waals surface area (Å²) < 4.78 is 13.3. The number of amides is 1. The van der Waals surface area contributed by atoms with Crippen molar-refractivity contribution < 1.29 is 13.9 Å². The molecule has 1 aliphatic rings. The number of ether oxygens (including phenoxy) is 1. The van der Waals surface area contributed by atoms with Gasteiger partial charge in [0.05, 0.1) is 18.2 Å². The van der Waals surface area contributed by atoms with Crippen LogP contribution in [0.4, 0.5) is 5.82 Å². The van der Waals surface area contributed by atoms with E-state index in [9.17, 15) is 10.1 Å². The van der Waals surface area contributed by atoms with E-state index < -0.39 is 6.10 Å². The van der Waals surface area contributed by atoms with Crippen LogP contribution in [0, 0.1) is 18.3 Å². The highest BCUT2D eigenvalue weighted by Gasteiger charge is 2.24. The Labute approximate surface area is 169 Å². The second kappa shape index (κ2) is 7.72. The lowest BCUT2D eigenvalue weighted by atomic mass is 10.1. The highest BCUT2D eigenvalue weighted by Crippen LogP contribution is 2.29. The molecule has 1 aliphatic heterocycles. The Bertz CT molecular complexity index is 1100. The van der Waals surface area contributed by atoms with E-state index in [1.165, 1.54) is 0 Å². The number of nitrogens with zero attached hydrogens (tertiary/aromatic N) is 3. The van der Waals surface area contributed by atoms with Crippen LogP contribution in [-0.2, 0) is 16.1 Å². The molecule has 3 aromatic rings. The number of carbonyl (C=O) groups is 1. The second-order valence-corrected chi connectivity index (χ2v) is 7.79. The number of furan rings is 1. The molecule has 1 amide bonds. The summed E-state index contributed by atoms with van der Waals surface area (Å²) in [5.41, 5.74) is 3.14. The zero-order valence-corrected chi connectivity index (χ0v) is 16.9. The van der Waals surface area contributed by atoms with Gasteiger partial charge in [0.2, 0.25) is 0 Å². The quantitative estimate of drug-likeness (QED) is 0.706. The van der Waals surface area contributed by atoms with Crippen molar-refractivity contribution in [3.8, 4) is 6.07 Å². The number of aromatic nitrogens is 2. The highest BCUT2D eigenvalue weighted by atomic mass is 16.5. The highest BCUT2D eigenvalue weighted by molar-refractivity contribution is 5.93. The molecule has 3 heterocycles. The van der Waals surface area contributed by atoms with Crippen LogP contribution in [0.15, 0.2) is 28.7 Å². The Morgan fingerprint density at radius 3 is 2.90 bits per heavy atom. The molecule has 1 fully saturated rings. The lowest BCUT2D eigenvalue weighted by Gasteiger charge is -2.08. The molecule has 7 heteroatoms. The van der Waals surface area contributed by atoms with Crippen LogP contribution in [0.25, 0.3) is 11.0 Å². The Morgan fingerprint density at radius 1 is 1.38 bits per heavy atom. The number of nitrogens with one attached hydrogen (secondary N) is 1. The summed E-state index contributed by atoms with van der Waals surface area (Å²) in [6.45, 7) is 7.14. The van der Waals surface area contributed by atoms with Crippen LogP contribution in [0.3, 0.4) is 0 Å². The average molecular weight is 392 g/mol. The molecule has 150 valence electrons. The summed E-state index contributed by atoms with van der Waals surface area (Å²) in [5.74, 6) is 1.48.